The monoisotopic (exact) mass is 542 g/mol. The molecule has 180 valence electrons. The summed E-state index contributed by atoms with van der Waals surface area (Å²) in [5, 5.41) is 12.3. The summed E-state index contributed by atoms with van der Waals surface area (Å²) in [6, 6.07) is 13.7. The molecule has 1 amide bonds. The normalized spacial score (nSPS) is 11.0. The summed E-state index contributed by atoms with van der Waals surface area (Å²) in [5.74, 6) is 2.38. The van der Waals surface area contributed by atoms with Crippen molar-refractivity contribution < 1.29 is 9.53 Å². The van der Waals surface area contributed by atoms with E-state index in [0.29, 0.717) is 24.2 Å². The molecule has 6 nitrogen and oxygen atoms in total. The van der Waals surface area contributed by atoms with Crippen molar-refractivity contribution in [2.75, 3.05) is 17.7 Å². The number of anilines is 1. The Morgan fingerprint density at radius 2 is 2.03 bits per heavy atom. The second kappa shape index (κ2) is 12.8. The third-order valence-corrected chi connectivity index (χ3v) is 6.87. The molecule has 0 saturated heterocycles. The van der Waals surface area contributed by atoms with E-state index >= 15 is 0 Å². The number of hydrogen-bond donors (Lipinski definition) is 1. The molecule has 1 N–H and O–H groups in total. The fourth-order valence-electron chi connectivity index (χ4n) is 3.45. The van der Waals surface area contributed by atoms with Crippen LogP contribution in [0.1, 0.15) is 43.1 Å². The lowest BCUT2D eigenvalue weighted by molar-refractivity contribution is -0.113. The molecule has 0 atom stereocenters. The molecular weight excluding hydrogens is 512 g/mol. The summed E-state index contributed by atoms with van der Waals surface area (Å²) in [6.07, 6.45) is 3.35. The van der Waals surface area contributed by atoms with E-state index in [0.717, 1.165) is 40.1 Å². The molecule has 1 aromatic heterocycles. The average molecular weight is 544 g/mol. The Morgan fingerprint density at radius 1 is 1.26 bits per heavy atom. The lowest BCUT2D eigenvalue weighted by Crippen LogP contribution is -2.14. The van der Waals surface area contributed by atoms with Gasteiger partial charge < -0.3 is 14.6 Å². The molecule has 0 aliphatic heterocycles. The molecule has 3 rings (SSSR count). The summed E-state index contributed by atoms with van der Waals surface area (Å²) >= 11 is 5.02. The van der Waals surface area contributed by atoms with E-state index in [1.807, 2.05) is 41.0 Å². The highest BCUT2D eigenvalue weighted by Crippen LogP contribution is 2.31. The number of allylic oxidation sites excluding steroid dienone is 1. The van der Waals surface area contributed by atoms with Gasteiger partial charge in [-0.05, 0) is 54.7 Å². The number of para-hydroxylation sites is 1. The Bertz CT molecular complexity index is 1120. The van der Waals surface area contributed by atoms with Gasteiger partial charge >= 0.3 is 0 Å². The molecule has 2 aromatic carbocycles. The number of benzene rings is 2. The number of ether oxygens (including phenoxy) is 1. The Morgan fingerprint density at radius 3 is 2.74 bits per heavy atom. The van der Waals surface area contributed by atoms with Gasteiger partial charge in [0.05, 0.1) is 12.4 Å². The van der Waals surface area contributed by atoms with Gasteiger partial charge in [-0.2, -0.15) is 0 Å². The number of nitrogens with one attached hydrogen (secondary N) is 1. The van der Waals surface area contributed by atoms with E-state index in [2.05, 4.69) is 70.9 Å². The Hall–Kier alpha value is -2.58. The van der Waals surface area contributed by atoms with Crippen LogP contribution in [0.3, 0.4) is 0 Å². The average Bonchev–Trinajstić information content (AvgIpc) is 3.18. The Labute approximate surface area is 214 Å². The molecule has 0 saturated carbocycles. The van der Waals surface area contributed by atoms with Crippen molar-refractivity contribution in [1.82, 2.24) is 14.8 Å². The van der Waals surface area contributed by atoms with Crippen molar-refractivity contribution in [2.24, 2.45) is 0 Å². The third kappa shape index (κ3) is 7.21. The fraction of sp³-hybridized carbons (Fsp3) is 0.346. The van der Waals surface area contributed by atoms with Crippen LogP contribution in [0.15, 0.2) is 64.7 Å². The first kappa shape index (κ1) is 26.0. The van der Waals surface area contributed by atoms with Gasteiger partial charge in [0, 0.05) is 23.1 Å². The van der Waals surface area contributed by atoms with E-state index < -0.39 is 0 Å². The number of halogens is 1. The summed E-state index contributed by atoms with van der Waals surface area (Å²) in [5.41, 5.74) is 3.13. The topological polar surface area (TPSA) is 69.0 Å². The van der Waals surface area contributed by atoms with Crippen LogP contribution in [0, 0.1) is 6.92 Å². The highest BCUT2D eigenvalue weighted by atomic mass is 79.9. The highest BCUT2D eigenvalue weighted by molar-refractivity contribution is 9.10. The highest BCUT2D eigenvalue weighted by Gasteiger charge is 2.14. The van der Waals surface area contributed by atoms with E-state index in [9.17, 15) is 4.79 Å². The predicted molar refractivity (Wildman–Crippen MR) is 143 cm³/mol. The molecule has 0 spiro atoms. The number of hydrogen-bond acceptors (Lipinski definition) is 5. The van der Waals surface area contributed by atoms with Gasteiger partial charge in [-0.3, -0.25) is 4.79 Å². The minimum Gasteiger partial charge on any atom is -0.493 e. The lowest BCUT2D eigenvalue weighted by Gasteiger charge is -2.15. The summed E-state index contributed by atoms with van der Waals surface area (Å²) in [6.45, 7) is 11.4. The molecule has 34 heavy (non-hydrogen) atoms. The van der Waals surface area contributed by atoms with Crippen LogP contribution in [0.5, 0.6) is 5.75 Å². The maximum absolute atomic E-state index is 12.3. The van der Waals surface area contributed by atoms with Crippen molar-refractivity contribution in [1.29, 1.82) is 0 Å². The van der Waals surface area contributed by atoms with Crippen LogP contribution in [-0.2, 0) is 17.8 Å². The Balaban J connectivity index is 1.55. The predicted octanol–water partition coefficient (Wildman–Crippen LogP) is 6.40. The smallest absolute Gasteiger partial charge is 0.234 e. The van der Waals surface area contributed by atoms with E-state index in [1.165, 1.54) is 17.3 Å². The number of amides is 1. The van der Waals surface area contributed by atoms with Crippen LogP contribution in [0.25, 0.3) is 0 Å². The van der Waals surface area contributed by atoms with Crippen LogP contribution < -0.4 is 10.1 Å². The van der Waals surface area contributed by atoms with Crippen molar-refractivity contribution in [2.45, 2.75) is 51.2 Å². The molecule has 0 bridgehead atoms. The first-order chi connectivity index (χ1) is 16.4. The molecule has 0 aliphatic rings. The molecule has 1 heterocycles. The largest absolute Gasteiger partial charge is 0.493 e. The fourth-order valence-corrected chi connectivity index (χ4v) is 5.13. The molecule has 0 radical (unpaired) electrons. The van der Waals surface area contributed by atoms with E-state index in [-0.39, 0.29) is 11.7 Å². The quantitative estimate of drug-likeness (QED) is 0.163. The number of aryl methyl sites for hydroxylation is 2. The molecule has 0 fully saturated rings. The standard InChI is InChI=1S/C26H31BrN4O2S/c1-5-13-31-24(12-9-14-33-23-16-21(18(2)3)22(27)15-19(23)4)29-30-26(31)34-17-25(32)28-20-10-7-6-8-11-20/h5-8,10-11,15-16,18H,1,9,12-14,17H2,2-4H3,(H,28,32). The van der Waals surface area contributed by atoms with Gasteiger partial charge in [0.15, 0.2) is 5.16 Å². The molecular formula is C26H31BrN4O2S. The number of nitrogens with zero attached hydrogens (tertiary/aromatic N) is 3. The van der Waals surface area contributed by atoms with Gasteiger partial charge in [0.25, 0.3) is 0 Å². The minimum atomic E-state index is -0.0788. The zero-order valence-corrected chi connectivity index (χ0v) is 22.3. The lowest BCUT2D eigenvalue weighted by atomic mass is 10.0. The number of carbonyl (C=O) groups is 1. The molecule has 0 unspecified atom stereocenters. The van der Waals surface area contributed by atoms with Gasteiger partial charge in [0.2, 0.25) is 5.91 Å². The number of aromatic nitrogens is 3. The van der Waals surface area contributed by atoms with Crippen LogP contribution in [-0.4, -0.2) is 33.0 Å². The van der Waals surface area contributed by atoms with Gasteiger partial charge in [-0.15, -0.1) is 16.8 Å². The number of thioether (sulfide) groups is 1. The molecule has 3 aromatic rings. The van der Waals surface area contributed by atoms with Crippen molar-refractivity contribution in [3.63, 3.8) is 0 Å². The summed E-state index contributed by atoms with van der Waals surface area (Å²) < 4.78 is 9.22. The van der Waals surface area contributed by atoms with Crippen LogP contribution in [0.4, 0.5) is 5.69 Å². The Kier molecular flexibility index (Phi) is 9.77. The third-order valence-electron chi connectivity index (χ3n) is 5.21. The first-order valence-electron chi connectivity index (χ1n) is 11.3. The maximum atomic E-state index is 12.3. The molecule has 0 aliphatic carbocycles. The minimum absolute atomic E-state index is 0.0788. The van der Waals surface area contributed by atoms with E-state index in [1.54, 1.807) is 0 Å². The SMILES string of the molecule is C=CCn1c(CCCOc2cc(C(C)C)c(Br)cc2C)nnc1SCC(=O)Nc1ccccc1. The summed E-state index contributed by atoms with van der Waals surface area (Å²) in [7, 11) is 0. The van der Waals surface area contributed by atoms with E-state index in [4.69, 9.17) is 4.74 Å². The van der Waals surface area contributed by atoms with Gasteiger partial charge in [-0.1, -0.05) is 65.8 Å². The maximum Gasteiger partial charge on any atom is 0.234 e. The van der Waals surface area contributed by atoms with Crippen molar-refractivity contribution >= 4 is 39.3 Å². The summed E-state index contributed by atoms with van der Waals surface area (Å²) in [4.78, 5) is 12.3. The number of carbonyl (C=O) groups excluding carboxylic acids is 1. The first-order valence-corrected chi connectivity index (χ1v) is 13.1. The van der Waals surface area contributed by atoms with Crippen LogP contribution >= 0.6 is 27.7 Å². The van der Waals surface area contributed by atoms with Crippen molar-refractivity contribution in [3.05, 3.63) is 76.5 Å². The molecule has 8 heteroatoms. The van der Waals surface area contributed by atoms with Crippen LogP contribution in [0.2, 0.25) is 0 Å². The van der Waals surface area contributed by atoms with Gasteiger partial charge in [-0.25, -0.2) is 0 Å². The zero-order chi connectivity index (χ0) is 24.5. The number of rotatable bonds is 12. The second-order valence-electron chi connectivity index (χ2n) is 8.25. The van der Waals surface area contributed by atoms with Crippen molar-refractivity contribution in [3.8, 4) is 5.75 Å². The second-order valence-corrected chi connectivity index (χ2v) is 10.0. The zero-order valence-electron chi connectivity index (χ0n) is 19.9. The van der Waals surface area contributed by atoms with Gasteiger partial charge in [0.1, 0.15) is 11.6 Å².